The Morgan fingerprint density at radius 2 is 1.87 bits per heavy atom. The number of hydrogen-bond donors (Lipinski definition) is 0. The smallest absolute Gasteiger partial charge is 0.168 e. The highest BCUT2D eigenvalue weighted by molar-refractivity contribution is 6.21. The van der Waals surface area contributed by atoms with Crippen LogP contribution in [0.25, 0.3) is 0 Å². The maximum absolute atomic E-state index is 11.7. The molecule has 0 amide bonds. The number of allylic oxidation sites excluding steroid dienone is 1. The van der Waals surface area contributed by atoms with Gasteiger partial charge in [0.2, 0.25) is 0 Å². The molecule has 0 heterocycles. The molecule has 84 valence electrons. The number of nitrogens with zero attached hydrogens (tertiary/aromatic N) is 1. The number of carbonyl (C=O) groups is 2. The van der Waals surface area contributed by atoms with Gasteiger partial charge < -0.3 is 9.64 Å². The summed E-state index contributed by atoms with van der Waals surface area (Å²) in [6.07, 6.45) is 2.44. The van der Waals surface area contributed by atoms with Crippen LogP contribution in [-0.4, -0.2) is 44.3 Å². The first-order chi connectivity index (χ1) is 7.04. The lowest BCUT2D eigenvalue weighted by Crippen LogP contribution is -2.29. The number of methoxy groups -OCH3 is 1. The Balaban J connectivity index is 2.73. The molecule has 0 saturated heterocycles. The van der Waals surface area contributed by atoms with Gasteiger partial charge in [-0.1, -0.05) is 0 Å². The lowest BCUT2D eigenvalue weighted by Gasteiger charge is -2.21. The lowest BCUT2D eigenvalue weighted by atomic mass is 9.84. The van der Waals surface area contributed by atoms with E-state index >= 15 is 0 Å². The van der Waals surface area contributed by atoms with E-state index in [9.17, 15) is 9.59 Å². The zero-order valence-electron chi connectivity index (χ0n) is 9.45. The van der Waals surface area contributed by atoms with Crippen LogP contribution >= 0.6 is 0 Å². The van der Waals surface area contributed by atoms with Crippen molar-refractivity contribution in [1.29, 1.82) is 0 Å². The topological polar surface area (TPSA) is 46.6 Å². The van der Waals surface area contributed by atoms with Crippen LogP contribution in [0.5, 0.6) is 0 Å². The molecule has 0 aromatic heterocycles. The Hall–Kier alpha value is -1.16. The van der Waals surface area contributed by atoms with Crippen molar-refractivity contribution < 1.29 is 14.3 Å². The second kappa shape index (κ2) is 5.07. The first-order valence-electron chi connectivity index (χ1n) is 4.98. The first kappa shape index (κ1) is 11.9. The van der Waals surface area contributed by atoms with Crippen molar-refractivity contribution >= 4 is 11.6 Å². The SMILES string of the molecule is COCC1CC(=O)C(=CN(C)C)C(=O)C1. The molecule has 0 aromatic carbocycles. The van der Waals surface area contributed by atoms with E-state index in [0.29, 0.717) is 25.0 Å². The minimum Gasteiger partial charge on any atom is -0.384 e. The van der Waals surface area contributed by atoms with Crippen LogP contribution in [0.15, 0.2) is 11.8 Å². The van der Waals surface area contributed by atoms with Gasteiger partial charge in [0, 0.05) is 46.9 Å². The monoisotopic (exact) mass is 211 g/mol. The van der Waals surface area contributed by atoms with Gasteiger partial charge in [-0.3, -0.25) is 9.59 Å². The van der Waals surface area contributed by atoms with Gasteiger partial charge >= 0.3 is 0 Å². The van der Waals surface area contributed by atoms with Crippen molar-refractivity contribution in [1.82, 2.24) is 4.90 Å². The molecular weight excluding hydrogens is 194 g/mol. The number of ether oxygens (including phenoxy) is 1. The van der Waals surface area contributed by atoms with Crippen molar-refractivity contribution in [3.8, 4) is 0 Å². The van der Waals surface area contributed by atoms with Crippen LogP contribution < -0.4 is 0 Å². The Kier molecular flexibility index (Phi) is 4.03. The van der Waals surface area contributed by atoms with Gasteiger partial charge in [-0.15, -0.1) is 0 Å². The Morgan fingerprint density at radius 3 is 2.27 bits per heavy atom. The molecule has 0 unspecified atom stereocenters. The zero-order chi connectivity index (χ0) is 11.4. The molecule has 1 aliphatic carbocycles. The van der Waals surface area contributed by atoms with Crippen molar-refractivity contribution in [2.45, 2.75) is 12.8 Å². The zero-order valence-corrected chi connectivity index (χ0v) is 9.45. The molecular formula is C11H17NO3. The highest BCUT2D eigenvalue weighted by Crippen LogP contribution is 2.23. The minimum absolute atomic E-state index is 0.0503. The highest BCUT2D eigenvalue weighted by Gasteiger charge is 2.30. The van der Waals surface area contributed by atoms with E-state index in [1.807, 2.05) is 0 Å². The van der Waals surface area contributed by atoms with E-state index in [2.05, 4.69) is 0 Å². The summed E-state index contributed by atoms with van der Waals surface area (Å²) >= 11 is 0. The van der Waals surface area contributed by atoms with Crippen molar-refractivity contribution in [2.24, 2.45) is 5.92 Å². The van der Waals surface area contributed by atoms with E-state index in [-0.39, 0.29) is 17.5 Å². The number of ketones is 2. The molecule has 0 atom stereocenters. The largest absolute Gasteiger partial charge is 0.384 e. The summed E-state index contributed by atoms with van der Waals surface area (Å²) in [4.78, 5) is 25.0. The first-order valence-corrected chi connectivity index (χ1v) is 4.98. The normalized spacial score (nSPS) is 21.8. The van der Waals surface area contributed by atoms with Gasteiger partial charge in [0.15, 0.2) is 11.6 Å². The summed E-state index contributed by atoms with van der Waals surface area (Å²) in [5.41, 5.74) is 0.326. The Bertz CT molecular complexity index is 274. The van der Waals surface area contributed by atoms with Crippen LogP contribution in [-0.2, 0) is 14.3 Å². The van der Waals surface area contributed by atoms with Crippen LogP contribution in [0.1, 0.15) is 12.8 Å². The van der Waals surface area contributed by atoms with Crippen LogP contribution in [0.3, 0.4) is 0 Å². The molecule has 1 saturated carbocycles. The average Bonchev–Trinajstić information content (AvgIpc) is 2.11. The lowest BCUT2D eigenvalue weighted by molar-refractivity contribution is -0.126. The van der Waals surface area contributed by atoms with Gasteiger partial charge in [0.25, 0.3) is 0 Å². The summed E-state index contributed by atoms with van der Waals surface area (Å²) in [7, 11) is 5.18. The maximum Gasteiger partial charge on any atom is 0.168 e. The number of Topliss-reactive ketones (excluding diaryl/α,β-unsaturated/α-hetero) is 2. The van der Waals surface area contributed by atoms with Crippen LogP contribution in [0, 0.1) is 5.92 Å². The third kappa shape index (κ3) is 3.16. The molecule has 1 fully saturated rings. The average molecular weight is 211 g/mol. The standard InChI is InChI=1S/C11H17NO3/c1-12(2)6-9-10(13)4-8(7-15-3)5-11(9)14/h6,8H,4-5,7H2,1-3H3. The molecule has 0 bridgehead atoms. The number of carbonyl (C=O) groups excluding carboxylic acids is 2. The molecule has 4 heteroatoms. The molecule has 0 spiro atoms. The predicted molar refractivity (Wildman–Crippen MR) is 56.4 cm³/mol. The van der Waals surface area contributed by atoms with E-state index in [1.165, 1.54) is 0 Å². The minimum atomic E-state index is -0.0676. The summed E-state index contributed by atoms with van der Waals surface area (Å²) in [6.45, 7) is 0.479. The predicted octanol–water partition coefficient (Wildman–Crippen LogP) is 0.626. The molecule has 4 nitrogen and oxygen atoms in total. The highest BCUT2D eigenvalue weighted by atomic mass is 16.5. The second-order valence-corrected chi connectivity index (χ2v) is 4.08. The quantitative estimate of drug-likeness (QED) is 0.507. The summed E-state index contributed by atoms with van der Waals surface area (Å²) in [6, 6.07) is 0. The molecule has 0 N–H and O–H groups in total. The Labute approximate surface area is 89.9 Å². The third-order valence-electron chi connectivity index (χ3n) is 2.34. The van der Waals surface area contributed by atoms with Crippen molar-refractivity contribution in [3.63, 3.8) is 0 Å². The van der Waals surface area contributed by atoms with Crippen molar-refractivity contribution in [3.05, 3.63) is 11.8 Å². The van der Waals surface area contributed by atoms with Gasteiger partial charge in [-0.05, 0) is 5.92 Å². The fraction of sp³-hybridized carbons (Fsp3) is 0.636. The van der Waals surface area contributed by atoms with E-state index < -0.39 is 0 Å². The molecule has 1 rings (SSSR count). The van der Waals surface area contributed by atoms with Crippen LogP contribution in [0.4, 0.5) is 0 Å². The molecule has 0 aliphatic heterocycles. The molecule has 15 heavy (non-hydrogen) atoms. The summed E-state index contributed by atoms with van der Waals surface area (Å²) < 4.78 is 4.96. The van der Waals surface area contributed by atoms with Gasteiger partial charge in [0.05, 0.1) is 5.57 Å². The van der Waals surface area contributed by atoms with E-state index in [1.54, 1.807) is 32.3 Å². The third-order valence-corrected chi connectivity index (χ3v) is 2.34. The Morgan fingerprint density at radius 1 is 1.33 bits per heavy atom. The number of hydrogen-bond acceptors (Lipinski definition) is 4. The second-order valence-electron chi connectivity index (χ2n) is 4.08. The fourth-order valence-electron chi connectivity index (χ4n) is 1.73. The van der Waals surface area contributed by atoms with Gasteiger partial charge in [-0.25, -0.2) is 0 Å². The van der Waals surface area contributed by atoms with Crippen molar-refractivity contribution in [2.75, 3.05) is 27.8 Å². The van der Waals surface area contributed by atoms with E-state index in [4.69, 9.17) is 4.74 Å². The number of rotatable bonds is 3. The van der Waals surface area contributed by atoms with E-state index in [0.717, 1.165) is 0 Å². The fourth-order valence-corrected chi connectivity index (χ4v) is 1.73. The van der Waals surface area contributed by atoms with Gasteiger partial charge in [0.1, 0.15) is 0 Å². The molecule has 0 aromatic rings. The maximum atomic E-state index is 11.7. The summed E-state index contributed by atoms with van der Waals surface area (Å²) in [5, 5.41) is 0. The molecule has 0 radical (unpaired) electrons. The molecule has 1 aliphatic rings. The van der Waals surface area contributed by atoms with Gasteiger partial charge in [-0.2, -0.15) is 0 Å². The van der Waals surface area contributed by atoms with Crippen LogP contribution in [0.2, 0.25) is 0 Å². The summed E-state index contributed by atoms with van der Waals surface area (Å²) in [5.74, 6) is -0.0849.